The molecule has 4 nitrogen and oxygen atoms in total. The highest BCUT2D eigenvalue weighted by Crippen LogP contribution is 2.33. The molecule has 20 heavy (non-hydrogen) atoms. The molecule has 1 unspecified atom stereocenters. The summed E-state index contributed by atoms with van der Waals surface area (Å²) in [6.45, 7) is 6.40. The van der Waals surface area contributed by atoms with Crippen LogP contribution in [0.15, 0.2) is 16.6 Å². The summed E-state index contributed by atoms with van der Waals surface area (Å²) in [6.07, 6.45) is 0.201. The third kappa shape index (κ3) is 5.00. The molecule has 1 atom stereocenters. The van der Waals surface area contributed by atoms with Gasteiger partial charge in [0.05, 0.1) is 10.2 Å². The minimum atomic E-state index is -0.703. The molecule has 3 N–H and O–H groups in total. The van der Waals surface area contributed by atoms with Crippen LogP contribution in [-0.2, 0) is 4.79 Å². The summed E-state index contributed by atoms with van der Waals surface area (Å²) in [7, 11) is 0. The maximum Gasteiger partial charge on any atom is 0.260 e. The van der Waals surface area contributed by atoms with E-state index < -0.39 is 11.9 Å². The predicted molar refractivity (Wildman–Crippen MR) is 81.1 cm³/mol. The minimum absolute atomic E-state index is 0.152. The minimum Gasteiger partial charge on any atom is -0.478 e. The van der Waals surface area contributed by atoms with Crippen molar-refractivity contribution in [3.05, 3.63) is 22.4 Å². The molecule has 0 spiro atoms. The maximum atomic E-state index is 13.1. The molecule has 112 valence electrons. The van der Waals surface area contributed by atoms with E-state index in [1.54, 1.807) is 6.92 Å². The number of anilines is 1. The fourth-order valence-corrected chi connectivity index (χ4v) is 2.10. The van der Waals surface area contributed by atoms with E-state index in [-0.39, 0.29) is 17.3 Å². The quantitative estimate of drug-likeness (QED) is 0.778. The van der Waals surface area contributed by atoms with E-state index in [4.69, 9.17) is 10.5 Å². The van der Waals surface area contributed by atoms with Crippen LogP contribution in [0, 0.1) is 11.7 Å². The largest absolute Gasteiger partial charge is 0.478 e. The number of nitrogens with one attached hydrogen (secondary N) is 1. The van der Waals surface area contributed by atoms with Gasteiger partial charge in [0, 0.05) is 12.6 Å². The Kier molecular flexibility index (Phi) is 6.26. The van der Waals surface area contributed by atoms with Crippen molar-refractivity contribution >= 4 is 27.5 Å². The molecular formula is C14H20BrFN2O2. The fraction of sp³-hybridized carbons (Fsp3) is 0.500. The van der Waals surface area contributed by atoms with Crippen molar-refractivity contribution in [2.75, 3.05) is 12.3 Å². The molecule has 0 fully saturated rings. The molecule has 0 heterocycles. The van der Waals surface area contributed by atoms with Gasteiger partial charge in [0.15, 0.2) is 11.9 Å². The molecule has 0 aliphatic heterocycles. The zero-order valence-electron chi connectivity index (χ0n) is 11.9. The number of carbonyl (C=O) groups excluding carboxylic acids is 1. The standard InChI is InChI=1S/C14H20BrFN2O2/c1-8(2)4-5-18-14(19)9(3)20-13-11(15)6-10(16)7-12(13)17/h6-9H,4-5,17H2,1-3H3,(H,18,19). The Morgan fingerprint density at radius 3 is 2.65 bits per heavy atom. The highest BCUT2D eigenvalue weighted by Gasteiger charge is 2.18. The van der Waals surface area contributed by atoms with Crippen molar-refractivity contribution in [2.45, 2.75) is 33.3 Å². The number of hydrogen-bond acceptors (Lipinski definition) is 3. The number of benzene rings is 1. The zero-order chi connectivity index (χ0) is 15.3. The van der Waals surface area contributed by atoms with Gasteiger partial charge in [0.2, 0.25) is 0 Å². The van der Waals surface area contributed by atoms with Crippen molar-refractivity contribution in [3.63, 3.8) is 0 Å². The van der Waals surface area contributed by atoms with Crippen molar-refractivity contribution in [3.8, 4) is 5.75 Å². The van der Waals surface area contributed by atoms with Crippen molar-refractivity contribution in [1.29, 1.82) is 0 Å². The van der Waals surface area contributed by atoms with Gasteiger partial charge in [-0.05, 0) is 41.3 Å². The number of halogens is 2. The highest BCUT2D eigenvalue weighted by molar-refractivity contribution is 9.10. The lowest BCUT2D eigenvalue weighted by molar-refractivity contribution is -0.127. The van der Waals surface area contributed by atoms with Crippen LogP contribution in [0.1, 0.15) is 27.2 Å². The van der Waals surface area contributed by atoms with Crippen LogP contribution in [0.3, 0.4) is 0 Å². The Morgan fingerprint density at radius 1 is 1.45 bits per heavy atom. The monoisotopic (exact) mass is 346 g/mol. The van der Waals surface area contributed by atoms with Gasteiger partial charge in [0.1, 0.15) is 5.82 Å². The molecule has 0 aliphatic rings. The smallest absolute Gasteiger partial charge is 0.260 e. The van der Waals surface area contributed by atoms with Crippen LogP contribution >= 0.6 is 15.9 Å². The Balaban J connectivity index is 2.62. The summed E-state index contributed by atoms with van der Waals surface area (Å²) < 4.78 is 19.0. The van der Waals surface area contributed by atoms with Crippen LogP contribution in [0.5, 0.6) is 5.75 Å². The van der Waals surface area contributed by atoms with E-state index >= 15 is 0 Å². The van der Waals surface area contributed by atoms with Crippen molar-refractivity contribution in [1.82, 2.24) is 5.32 Å². The Hall–Kier alpha value is -1.30. The molecule has 1 aromatic carbocycles. The van der Waals surface area contributed by atoms with Crippen LogP contribution in [0.4, 0.5) is 10.1 Å². The van der Waals surface area contributed by atoms with E-state index in [2.05, 4.69) is 35.1 Å². The third-order valence-electron chi connectivity index (χ3n) is 2.72. The Bertz CT molecular complexity index is 457. The van der Waals surface area contributed by atoms with Gasteiger partial charge >= 0.3 is 0 Å². The number of hydrogen-bond donors (Lipinski definition) is 2. The molecule has 0 saturated heterocycles. The lowest BCUT2D eigenvalue weighted by atomic mass is 10.1. The molecule has 1 amide bonds. The second kappa shape index (κ2) is 7.47. The molecular weight excluding hydrogens is 327 g/mol. The average Bonchev–Trinajstić information content (AvgIpc) is 2.32. The van der Waals surface area contributed by atoms with Gasteiger partial charge in [-0.1, -0.05) is 13.8 Å². The number of nitrogens with two attached hydrogens (primary N) is 1. The van der Waals surface area contributed by atoms with E-state index in [9.17, 15) is 9.18 Å². The summed E-state index contributed by atoms with van der Waals surface area (Å²) >= 11 is 3.17. The SMILES string of the molecule is CC(C)CCNC(=O)C(C)Oc1c(N)cc(F)cc1Br. The first-order valence-corrected chi connectivity index (χ1v) is 7.29. The van der Waals surface area contributed by atoms with Gasteiger partial charge in [-0.25, -0.2) is 4.39 Å². The van der Waals surface area contributed by atoms with E-state index in [0.717, 1.165) is 12.5 Å². The Morgan fingerprint density at radius 2 is 2.10 bits per heavy atom. The second-order valence-electron chi connectivity index (χ2n) is 5.04. The van der Waals surface area contributed by atoms with Gasteiger partial charge in [-0.2, -0.15) is 0 Å². The van der Waals surface area contributed by atoms with Crippen molar-refractivity contribution in [2.24, 2.45) is 5.92 Å². The van der Waals surface area contributed by atoms with Gasteiger partial charge in [0.25, 0.3) is 5.91 Å². The molecule has 0 radical (unpaired) electrons. The lowest BCUT2D eigenvalue weighted by Gasteiger charge is -2.17. The van der Waals surface area contributed by atoms with Gasteiger partial charge in [-0.3, -0.25) is 4.79 Å². The number of carbonyl (C=O) groups is 1. The summed E-state index contributed by atoms with van der Waals surface area (Å²) in [5, 5.41) is 2.79. The van der Waals surface area contributed by atoms with Gasteiger partial charge < -0.3 is 15.8 Å². The highest BCUT2D eigenvalue weighted by atomic mass is 79.9. The van der Waals surface area contributed by atoms with Crippen LogP contribution < -0.4 is 15.8 Å². The maximum absolute atomic E-state index is 13.1. The molecule has 0 aromatic heterocycles. The topological polar surface area (TPSA) is 64.3 Å². The van der Waals surface area contributed by atoms with E-state index in [1.807, 2.05) is 0 Å². The first-order valence-electron chi connectivity index (χ1n) is 6.50. The zero-order valence-corrected chi connectivity index (χ0v) is 13.5. The van der Waals surface area contributed by atoms with Gasteiger partial charge in [-0.15, -0.1) is 0 Å². The molecule has 0 saturated carbocycles. The first kappa shape index (κ1) is 16.8. The lowest BCUT2D eigenvalue weighted by Crippen LogP contribution is -2.37. The second-order valence-corrected chi connectivity index (χ2v) is 5.89. The van der Waals surface area contributed by atoms with Crippen molar-refractivity contribution < 1.29 is 13.9 Å². The molecule has 1 aromatic rings. The Labute approximate surface area is 127 Å². The van der Waals surface area contributed by atoms with E-state index in [1.165, 1.54) is 6.07 Å². The third-order valence-corrected chi connectivity index (χ3v) is 3.31. The summed E-state index contributed by atoms with van der Waals surface area (Å²) in [4.78, 5) is 11.9. The summed E-state index contributed by atoms with van der Waals surface area (Å²) in [5.74, 6) is 0.114. The number of rotatable bonds is 6. The number of amides is 1. The van der Waals surface area contributed by atoms with Crippen LogP contribution in [-0.4, -0.2) is 18.6 Å². The van der Waals surface area contributed by atoms with Crippen LogP contribution in [0.2, 0.25) is 0 Å². The molecule has 0 aliphatic carbocycles. The summed E-state index contributed by atoms with van der Waals surface area (Å²) in [5.41, 5.74) is 5.84. The molecule has 0 bridgehead atoms. The normalized spacial score (nSPS) is 12.3. The fourth-order valence-electron chi connectivity index (χ4n) is 1.56. The predicted octanol–water partition coefficient (Wildman–Crippen LogP) is 3.10. The number of ether oxygens (including phenoxy) is 1. The first-order chi connectivity index (χ1) is 9.31. The van der Waals surface area contributed by atoms with E-state index in [0.29, 0.717) is 16.9 Å². The molecule has 6 heteroatoms. The molecule has 1 rings (SSSR count). The van der Waals surface area contributed by atoms with Crippen LogP contribution in [0.25, 0.3) is 0 Å². The number of nitrogen functional groups attached to an aromatic ring is 1. The summed E-state index contributed by atoms with van der Waals surface area (Å²) in [6, 6.07) is 2.40. The average molecular weight is 347 g/mol.